The number of hydrogen-bond acceptors (Lipinski definition) is 3. The fourth-order valence-electron chi connectivity index (χ4n) is 1.51. The molecule has 1 heterocycles. The average molecular weight is 237 g/mol. The van der Waals surface area contributed by atoms with Crippen LogP contribution in [0.1, 0.15) is 31.2 Å². The van der Waals surface area contributed by atoms with Crippen molar-refractivity contribution in [2.45, 2.75) is 32.1 Å². The number of aryl methyl sites for hydroxylation is 1. The van der Waals surface area contributed by atoms with Crippen molar-refractivity contribution in [1.82, 2.24) is 4.98 Å². The molecule has 4 heteroatoms. The summed E-state index contributed by atoms with van der Waals surface area (Å²) in [6, 6.07) is 4.01. The van der Waals surface area contributed by atoms with Crippen molar-refractivity contribution in [3.05, 3.63) is 30.1 Å². The molecule has 94 valence electrons. The van der Waals surface area contributed by atoms with E-state index in [0.29, 0.717) is 13.0 Å². The van der Waals surface area contributed by atoms with E-state index < -0.39 is 5.97 Å². The Morgan fingerprint density at radius 1 is 1.18 bits per heavy atom. The van der Waals surface area contributed by atoms with Gasteiger partial charge in [-0.05, 0) is 43.4 Å². The second-order valence-electron chi connectivity index (χ2n) is 3.92. The largest absolute Gasteiger partial charge is 0.481 e. The minimum atomic E-state index is -0.734. The third-order valence-electron chi connectivity index (χ3n) is 2.43. The van der Waals surface area contributed by atoms with Gasteiger partial charge in [0, 0.05) is 32.0 Å². The van der Waals surface area contributed by atoms with Crippen molar-refractivity contribution >= 4 is 5.97 Å². The first-order valence-corrected chi connectivity index (χ1v) is 5.97. The Kier molecular flexibility index (Phi) is 6.98. The highest BCUT2D eigenvalue weighted by Gasteiger charge is 1.96. The Bertz CT molecular complexity index is 314. The number of carbonyl (C=O) groups is 1. The number of carboxylic acid groups (broad SMARTS) is 1. The van der Waals surface area contributed by atoms with E-state index in [-0.39, 0.29) is 6.42 Å². The molecule has 0 aliphatic heterocycles. The first kappa shape index (κ1) is 13.6. The van der Waals surface area contributed by atoms with Crippen LogP contribution in [0, 0.1) is 0 Å². The maximum Gasteiger partial charge on any atom is 0.303 e. The van der Waals surface area contributed by atoms with Crippen molar-refractivity contribution in [2.24, 2.45) is 0 Å². The third kappa shape index (κ3) is 7.47. The Hall–Kier alpha value is -1.42. The molecule has 1 aromatic rings. The monoisotopic (exact) mass is 237 g/mol. The molecule has 0 spiro atoms. The summed E-state index contributed by atoms with van der Waals surface area (Å²) in [6.45, 7) is 1.39. The van der Waals surface area contributed by atoms with Gasteiger partial charge in [0.1, 0.15) is 0 Å². The Morgan fingerprint density at radius 2 is 1.88 bits per heavy atom. The third-order valence-corrected chi connectivity index (χ3v) is 2.43. The van der Waals surface area contributed by atoms with Crippen LogP contribution in [0.25, 0.3) is 0 Å². The minimum absolute atomic E-state index is 0.236. The van der Waals surface area contributed by atoms with E-state index in [1.54, 1.807) is 12.4 Å². The van der Waals surface area contributed by atoms with Crippen LogP contribution in [0.5, 0.6) is 0 Å². The number of ether oxygens (including phenoxy) is 1. The van der Waals surface area contributed by atoms with Crippen LogP contribution in [-0.4, -0.2) is 29.3 Å². The Morgan fingerprint density at radius 3 is 2.59 bits per heavy atom. The number of aromatic nitrogens is 1. The van der Waals surface area contributed by atoms with E-state index in [1.165, 1.54) is 5.56 Å². The molecule has 0 bridgehead atoms. The molecule has 17 heavy (non-hydrogen) atoms. The van der Waals surface area contributed by atoms with Crippen LogP contribution in [-0.2, 0) is 16.0 Å². The quantitative estimate of drug-likeness (QED) is 0.669. The molecule has 0 saturated heterocycles. The molecule has 0 aliphatic rings. The van der Waals surface area contributed by atoms with E-state index in [2.05, 4.69) is 4.98 Å². The predicted octanol–water partition coefficient (Wildman–Crippen LogP) is 2.29. The molecule has 0 amide bonds. The lowest BCUT2D eigenvalue weighted by Crippen LogP contribution is -2.00. The molecule has 0 atom stereocenters. The predicted molar refractivity (Wildman–Crippen MR) is 64.9 cm³/mol. The SMILES string of the molecule is O=C(O)CCCCOCCCc1ccncc1. The zero-order valence-electron chi connectivity index (χ0n) is 9.97. The fourth-order valence-corrected chi connectivity index (χ4v) is 1.51. The summed E-state index contributed by atoms with van der Waals surface area (Å²) in [7, 11) is 0. The van der Waals surface area contributed by atoms with Gasteiger partial charge in [-0.3, -0.25) is 9.78 Å². The summed E-state index contributed by atoms with van der Waals surface area (Å²) in [4.78, 5) is 14.2. The summed E-state index contributed by atoms with van der Waals surface area (Å²) in [5.41, 5.74) is 1.27. The van der Waals surface area contributed by atoms with Crippen LogP contribution in [0.4, 0.5) is 0 Å². The Labute approximate surface area is 102 Å². The molecule has 0 aromatic carbocycles. The van der Waals surface area contributed by atoms with Crippen molar-refractivity contribution in [2.75, 3.05) is 13.2 Å². The van der Waals surface area contributed by atoms with Gasteiger partial charge in [0.2, 0.25) is 0 Å². The van der Waals surface area contributed by atoms with Gasteiger partial charge in [-0.1, -0.05) is 0 Å². The van der Waals surface area contributed by atoms with Crippen LogP contribution in [0.2, 0.25) is 0 Å². The van der Waals surface area contributed by atoms with Gasteiger partial charge < -0.3 is 9.84 Å². The van der Waals surface area contributed by atoms with Crippen LogP contribution in [0.3, 0.4) is 0 Å². The molecule has 4 nitrogen and oxygen atoms in total. The highest BCUT2D eigenvalue weighted by Crippen LogP contribution is 2.01. The number of unbranched alkanes of at least 4 members (excludes halogenated alkanes) is 1. The lowest BCUT2D eigenvalue weighted by atomic mass is 10.1. The molecular weight excluding hydrogens is 218 g/mol. The molecular formula is C13H19NO3. The zero-order chi connectivity index (χ0) is 12.3. The van der Waals surface area contributed by atoms with Gasteiger partial charge >= 0.3 is 5.97 Å². The smallest absolute Gasteiger partial charge is 0.303 e. The van der Waals surface area contributed by atoms with Crippen molar-refractivity contribution < 1.29 is 14.6 Å². The maximum absolute atomic E-state index is 10.2. The normalized spacial score (nSPS) is 10.4. The minimum Gasteiger partial charge on any atom is -0.481 e. The highest BCUT2D eigenvalue weighted by atomic mass is 16.5. The standard InChI is InChI=1S/C13H19NO3/c15-13(16)5-1-2-10-17-11-3-4-12-6-8-14-9-7-12/h6-9H,1-5,10-11H2,(H,15,16). The first-order chi connectivity index (χ1) is 8.29. The summed E-state index contributed by atoms with van der Waals surface area (Å²) in [6.07, 6.45) is 7.33. The number of nitrogens with zero attached hydrogens (tertiary/aromatic N) is 1. The van der Waals surface area contributed by atoms with E-state index >= 15 is 0 Å². The van der Waals surface area contributed by atoms with Gasteiger partial charge in [0.25, 0.3) is 0 Å². The second kappa shape index (κ2) is 8.70. The van der Waals surface area contributed by atoms with E-state index in [9.17, 15) is 4.79 Å². The molecule has 0 radical (unpaired) electrons. The van der Waals surface area contributed by atoms with Crippen LogP contribution >= 0.6 is 0 Å². The molecule has 0 saturated carbocycles. The average Bonchev–Trinajstić information content (AvgIpc) is 2.33. The fraction of sp³-hybridized carbons (Fsp3) is 0.538. The van der Waals surface area contributed by atoms with E-state index in [4.69, 9.17) is 9.84 Å². The molecule has 1 N–H and O–H groups in total. The van der Waals surface area contributed by atoms with Crippen LogP contribution < -0.4 is 0 Å². The topological polar surface area (TPSA) is 59.4 Å². The number of aliphatic carboxylic acids is 1. The number of pyridine rings is 1. The summed E-state index contributed by atoms with van der Waals surface area (Å²) >= 11 is 0. The molecule has 1 aromatic heterocycles. The van der Waals surface area contributed by atoms with Gasteiger partial charge in [-0.15, -0.1) is 0 Å². The Balaban J connectivity index is 1.90. The van der Waals surface area contributed by atoms with Crippen LogP contribution in [0.15, 0.2) is 24.5 Å². The lowest BCUT2D eigenvalue weighted by molar-refractivity contribution is -0.137. The summed E-state index contributed by atoms with van der Waals surface area (Å²) < 4.78 is 5.43. The number of rotatable bonds is 9. The molecule has 0 aliphatic carbocycles. The highest BCUT2D eigenvalue weighted by molar-refractivity contribution is 5.66. The number of hydrogen-bond donors (Lipinski definition) is 1. The maximum atomic E-state index is 10.2. The van der Waals surface area contributed by atoms with Crippen molar-refractivity contribution in [3.8, 4) is 0 Å². The molecule has 1 rings (SSSR count). The summed E-state index contributed by atoms with van der Waals surface area (Å²) in [5.74, 6) is -0.734. The van der Waals surface area contributed by atoms with Gasteiger partial charge in [0.05, 0.1) is 0 Å². The summed E-state index contributed by atoms with van der Waals surface area (Å²) in [5, 5.41) is 8.43. The van der Waals surface area contributed by atoms with Gasteiger partial charge in [-0.25, -0.2) is 0 Å². The van der Waals surface area contributed by atoms with E-state index in [0.717, 1.165) is 25.9 Å². The van der Waals surface area contributed by atoms with E-state index in [1.807, 2.05) is 12.1 Å². The zero-order valence-corrected chi connectivity index (χ0v) is 9.97. The lowest BCUT2D eigenvalue weighted by Gasteiger charge is -2.03. The van der Waals surface area contributed by atoms with Crippen molar-refractivity contribution in [1.29, 1.82) is 0 Å². The molecule has 0 fully saturated rings. The van der Waals surface area contributed by atoms with Crippen molar-refractivity contribution in [3.63, 3.8) is 0 Å². The molecule has 0 unspecified atom stereocenters. The van der Waals surface area contributed by atoms with Gasteiger partial charge in [-0.2, -0.15) is 0 Å². The number of carboxylic acids is 1. The van der Waals surface area contributed by atoms with Gasteiger partial charge in [0.15, 0.2) is 0 Å². The first-order valence-electron chi connectivity index (χ1n) is 5.97. The second-order valence-corrected chi connectivity index (χ2v) is 3.92.